The molecule has 0 saturated heterocycles. The van der Waals surface area contributed by atoms with E-state index in [-0.39, 0.29) is 0 Å². The summed E-state index contributed by atoms with van der Waals surface area (Å²) in [5.41, 5.74) is 8.88. The van der Waals surface area contributed by atoms with Crippen LogP contribution in [0.1, 0.15) is 32.3 Å². The Kier molecular flexibility index (Phi) is 7.59. The predicted molar refractivity (Wildman–Crippen MR) is 88.2 cm³/mol. The van der Waals surface area contributed by atoms with Crippen LogP contribution in [-0.4, -0.2) is 0 Å². The molecule has 0 bridgehead atoms. The van der Waals surface area contributed by atoms with Crippen molar-refractivity contribution in [2.45, 2.75) is 33.2 Å². The Morgan fingerprint density at radius 2 is 1.95 bits per heavy atom. The smallest absolute Gasteiger partial charge is 0.0504 e. The second-order valence-corrected chi connectivity index (χ2v) is 5.07. The second kappa shape index (κ2) is 9.27. The lowest BCUT2D eigenvalue weighted by Crippen LogP contribution is -2.15. The van der Waals surface area contributed by atoms with Crippen molar-refractivity contribution in [1.29, 1.82) is 0 Å². The van der Waals surface area contributed by atoms with Gasteiger partial charge in [0.25, 0.3) is 0 Å². The summed E-state index contributed by atoms with van der Waals surface area (Å²) in [5, 5.41) is 4.03. The third-order valence-electron chi connectivity index (χ3n) is 2.88. The zero-order valence-corrected chi connectivity index (χ0v) is 13.0. The molecule has 0 heterocycles. The van der Waals surface area contributed by atoms with Crippen molar-refractivity contribution in [3.05, 3.63) is 70.5 Å². The minimum absolute atomic E-state index is 0.698. The molecule has 1 aromatic rings. The van der Waals surface area contributed by atoms with Gasteiger partial charge in [-0.15, -0.1) is 0 Å². The van der Waals surface area contributed by atoms with E-state index in [2.05, 4.69) is 24.4 Å². The Bertz CT molecular complexity index is 487. The maximum absolute atomic E-state index is 6.06. The van der Waals surface area contributed by atoms with Crippen LogP contribution in [0.3, 0.4) is 0 Å². The summed E-state index contributed by atoms with van der Waals surface area (Å²) in [4.78, 5) is 0. The fourth-order valence-electron chi connectivity index (χ4n) is 1.58. The average Bonchev–Trinajstić information content (AvgIpc) is 2.49. The van der Waals surface area contributed by atoms with Crippen molar-refractivity contribution >= 4 is 11.6 Å². The first-order valence-electron chi connectivity index (χ1n) is 6.91. The van der Waals surface area contributed by atoms with E-state index in [1.165, 1.54) is 5.56 Å². The van der Waals surface area contributed by atoms with Gasteiger partial charge in [0.05, 0.1) is 5.70 Å². The van der Waals surface area contributed by atoms with Crippen molar-refractivity contribution in [3.63, 3.8) is 0 Å². The highest BCUT2D eigenvalue weighted by atomic mass is 35.5. The summed E-state index contributed by atoms with van der Waals surface area (Å²) in [6.45, 7) is 4.85. The van der Waals surface area contributed by atoms with Gasteiger partial charge >= 0.3 is 0 Å². The van der Waals surface area contributed by atoms with E-state index in [1.807, 2.05) is 43.4 Å². The molecule has 0 aromatic heterocycles. The summed E-state index contributed by atoms with van der Waals surface area (Å²) < 4.78 is 0. The number of hydrogen-bond acceptors (Lipinski definition) is 2. The van der Waals surface area contributed by atoms with E-state index in [1.54, 1.807) is 0 Å². The first-order valence-corrected chi connectivity index (χ1v) is 7.29. The lowest BCUT2D eigenvalue weighted by molar-refractivity contribution is 0.801. The summed E-state index contributed by atoms with van der Waals surface area (Å²) in [6.07, 6.45) is 7.74. The lowest BCUT2D eigenvalue weighted by Gasteiger charge is -2.08. The standard InChI is InChI=1S/C17H23ClN2/c1-3-4-10-16(18)11-12-17(19)14(2)20-13-15-8-6-5-7-9-15/h5-12,20H,3-4,13,19H2,1-2H3/b12-11-,16-10-,17-14-. The topological polar surface area (TPSA) is 38.0 Å². The molecule has 0 spiro atoms. The molecule has 0 aliphatic heterocycles. The molecule has 0 radical (unpaired) electrons. The van der Waals surface area contributed by atoms with Crippen molar-refractivity contribution in [2.24, 2.45) is 5.73 Å². The molecule has 3 N–H and O–H groups in total. The quantitative estimate of drug-likeness (QED) is 0.728. The molecule has 0 atom stereocenters. The Hall–Kier alpha value is -1.67. The van der Waals surface area contributed by atoms with E-state index in [9.17, 15) is 0 Å². The van der Waals surface area contributed by atoms with Gasteiger partial charge in [-0.2, -0.15) is 0 Å². The molecule has 0 saturated carbocycles. The highest BCUT2D eigenvalue weighted by Gasteiger charge is 1.95. The van der Waals surface area contributed by atoms with Crippen molar-refractivity contribution in [3.8, 4) is 0 Å². The molecule has 0 fully saturated rings. The van der Waals surface area contributed by atoms with Crippen molar-refractivity contribution in [2.75, 3.05) is 0 Å². The van der Waals surface area contributed by atoms with Crippen LogP contribution in [0.4, 0.5) is 0 Å². The van der Waals surface area contributed by atoms with Crippen LogP contribution in [0, 0.1) is 0 Å². The van der Waals surface area contributed by atoms with Gasteiger partial charge in [0, 0.05) is 17.3 Å². The SMILES string of the molecule is CCC/C=C(Cl)/C=C\C(N)=C(/C)NCc1ccccc1. The van der Waals surface area contributed by atoms with Gasteiger partial charge in [-0.1, -0.05) is 61.4 Å². The highest BCUT2D eigenvalue weighted by molar-refractivity contribution is 6.31. The second-order valence-electron chi connectivity index (χ2n) is 4.63. The molecule has 20 heavy (non-hydrogen) atoms. The molecule has 2 nitrogen and oxygen atoms in total. The molecule has 0 unspecified atom stereocenters. The Labute approximate surface area is 127 Å². The van der Waals surface area contributed by atoms with Crippen LogP contribution >= 0.6 is 11.6 Å². The zero-order chi connectivity index (χ0) is 14.8. The summed E-state index contributed by atoms with van der Waals surface area (Å²) >= 11 is 6.06. The number of benzene rings is 1. The van der Waals surface area contributed by atoms with E-state index in [4.69, 9.17) is 17.3 Å². The highest BCUT2D eigenvalue weighted by Crippen LogP contribution is 2.08. The van der Waals surface area contributed by atoms with Crippen LogP contribution in [0.2, 0.25) is 0 Å². The number of rotatable bonds is 7. The molecular weight excluding hydrogens is 268 g/mol. The fourth-order valence-corrected chi connectivity index (χ4v) is 1.75. The number of halogens is 1. The van der Waals surface area contributed by atoms with Gasteiger partial charge in [-0.3, -0.25) is 0 Å². The molecule has 0 aliphatic rings. The minimum Gasteiger partial charge on any atom is -0.397 e. The van der Waals surface area contributed by atoms with Crippen LogP contribution < -0.4 is 11.1 Å². The molecule has 0 aliphatic carbocycles. The minimum atomic E-state index is 0.698. The Balaban J connectivity index is 2.54. The number of allylic oxidation sites excluding steroid dienone is 5. The average molecular weight is 291 g/mol. The maximum atomic E-state index is 6.06. The first-order chi connectivity index (χ1) is 9.63. The number of hydrogen-bond donors (Lipinski definition) is 2. The van der Waals surface area contributed by atoms with Gasteiger partial charge in [0.2, 0.25) is 0 Å². The van der Waals surface area contributed by atoms with Gasteiger partial charge in [-0.05, 0) is 31.1 Å². The summed E-state index contributed by atoms with van der Waals surface area (Å²) in [5.74, 6) is 0. The lowest BCUT2D eigenvalue weighted by atomic mass is 10.2. The predicted octanol–water partition coefficient (Wildman–Crippen LogP) is 4.45. The fraction of sp³-hybridized carbons (Fsp3) is 0.294. The van der Waals surface area contributed by atoms with Crippen molar-refractivity contribution in [1.82, 2.24) is 5.32 Å². The number of unbranched alkanes of at least 4 members (excludes halogenated alkanes) is 1. The molecule has 1 rings (SSSR count). The first kappa shape index (κ1) is 16.4. The van der Waals surface area contributed by atoms with Crippen LogP contribution in [-0.2, 0) is 6.54 Å². The Morgan fingerprint density at radius 1 is 1.25 bits per heavy atom. The van der Waals surface area contributed by atoms with E-state index in [0.29, 0.717) is 5.70 Å². The van der Waals surface area contributed by atoms with E-state index in [0.717, 1.165) is 30.1 Å². The molecule has 108 valence electrons. The van der Waals surface area contributed by atoms with Gasteiger partial charge in [-0.25, -0.2) is 0 Å². The summed E-state index contributed by atoms with van der Waals surface area (Å²) in [7, 11) is 0. The van der Waals surface area contributed by atoms with E-state index >= 15 is 0 Å². The third-order valence-corrected chi connectivity index (χ3v) is 3.16. The number of nitrogens with one attached hydrogen (secondary N) is 1. The molecule has 3 heteroatoms. The van der Waals surface area contributed by atoms with Gasteiger partial charge in [0.1, 0.15) is 0 Å². The molecule has 0 amide bonds. The Morgan fingerprint density at radius 3 is 2.60 bits per heavy atom. The largest absolute Gasteiger partial charge is 0.397 e. The van der Waals surface area contributed by atoms with Gasteiger partial charge < -0.3 is 11.1 Å². The maximum Gasteiger partial charge on any atom is 0.0504 e. The normalized spacial score (nSPS) is 13.4. The van der Waals surface area contributed by atoms with Crippen LogP contribution in [0.25, 0.3) is 0 Å². The van der Waals surface area contributed by atoms with Gasteiger partial charge in [0.15, 0.2) is 0 Å². The van der Waals surface area contributed by atoms with Crippen LogP contribution in [0.15, 0.2) is 65.0 Å². The zero-order valence-electron chi connectivity index (χ0n) is 12.2. The molecule has 1 aromatic carbocycles. The molecular formula is C17H23ClN2. The monoisotopic (exact) mass is 290 g/mol. The van der Waals surface area contributed by atoms with Crippen molar-refractivity contribution < 1.29 is 0 Å². The van der Waals surface area contributed by atoms with E-state index < -0.39 is 0 Å². The number of nitrogens with two attached hydrogens (primary N) is 1. The van der Waals surface area contributed by atoms with Crippen LogP contribution in [0.5, 0.6) is 0 Å². The summed E-state index contributed by atoms with van der Waals surface area (Å²) in [6, 6.07) is 10.2. The third kappa shape index (κ3) is 6.48.